The van der Waals surface area contributed by atoms with Crippen LogP contribution in [0.4, 0.5) is 10.1 Å². The van der Waals surface area contributed by atoms with Crippen LogP contribution >= 0.6 is 23.2 Å². The molecule has 152 valence electrons. The Labute approximate surface area is 180 Å². The maximum absolute atomic E-state index is 13.2. The Bertz CT molecular complexity index is 1020. The van der Waals surface area contributed by atoms with E-state index >= 15 is 0 Å². The largest absolute Gasteiger partial charge is 0.493 e. The molecular formula is C23H22Cl2FNO2. The third kappa shape index (κ3) is 5.34. The summed E-state index contributed by atoms with van der Waals surface area (Å²) in [6.45, 7) is 4.88. The van der Waals surface area contributed by atoms with Gasteiger partial charge < -0.3 is 14.8 Å². The third-order valence-corrected chi connectivity index (χ3v) is 5.42. The fourth-order valence-corrected chi connectivity index (χ4v) is 3.27. The van der Waals surface area contributed by atoms with Crippen molar-refractivity contribution in [2.24, 2.45) is 0 Å². The molecule has 0 radical (unpaired) electrons. The number of aryl methyl sites for hydroxylation is 2. The SMILES string of the molecule is COc1cc(CNc2ccc(C)c(C)c2)c(Cl)cc1OCc1ccc(F)cc1Cl. The predicted molar refractivity (Wildman–Crippen MR) is 117 cm³/mol. The topological polar surface area (TPSA) is 30.5 Å². The van der Waals surface area contributed by atoms with Crippen molar-refractivity contribution in [3.05, 3.63) is 86.6 Å². The molecule has 0 atom stereocenters. The van der Waals surface area contributed by atoms with Crippen LogP contribution in [0.1, 0.15) is 22.3 Å². The Balaban J connectivity index is 1.73. The van der Waals surface area contributed by atoms with E-state index in [4.69, 9.17) is 32.7 Å². The minimum Gasteiger partial charge on any atom is -0.493 e. The van der Waals surface area contributed by atoms with E-state index in [1.807, 2.05) is 12.1 Å². The van der Waals surface area contributed by atoms with Crippen LogP contribution in [0.2, 0.25) is 10.0 Å². The van der Waals surface area contributed by atoms with Crippen molar-refractivity contribution >= 4 is 28.9 Å². The summed E-state index contributed by atoms with van der Waals surface area (Å²) in [7, 11) is 1.57. The molecule has 3 aromatic carbocycles. The summed E-state index contributed by atoms with van der Waals surface area (Å²) in [4.78, 5) is 0. The average Bonchev–Trinajstić information content (AvgIpc) is 2.69. The number of methoxy groups -OCH3 is 1. The van der Waals surface area contributed by atoms with Crippen molar-refractivity contribution in [2.75, 3.05) is 12.4 Å². The molecule has 3 nitrogen and oxygen atoms in total. The Kier molecular flexibility index (Phi) is 6.88. The number of nitrogens with one attached hydrogen (secondary N) is 1. The van der Waals surface area contributed by atoms with E-state index in [0.717, 1.165) is 11.3 Å². The van der Waals surface area contributed by atoms with Crippen LogP contribution in [0.5, 0.6) is 11.5 Å². The molecule has 0 heterocycles. The number of hydrogen-bond donors (Lipinski definition) is 1. The van der Waals surface area contributed by atoms with Gasteiger partial charge in [0.15, 0.2) is 11.5 Å². The number of benzene rings is 3. The summed E-state index contributed by atoms with van der Waals surface area (Å²) < 4.78 is 24.5. The number of hydrogen-bond acceptors (Lipinski definition) is 3. The quantitative estimate of drug-likeness (QED) is 0.437. The molecule has 0 aliphatic rings. The van der Waals surface area contributed by atoms with Crippen LogP contribution in [-0.2, 0) is 13.2 Å². The molecule has 0 bridgehead atoms. The second-order valence-electron chi connectivity index (χ2n) is 6.77. The van der Waals surface area contributed by atoms with Gasteiger partial charge in [-0.1, -0.05) is 35.3 Å². The molecule has 3 rings (SSSR count). The second kappa shape index (κ2) is 9.38. The van der Waals surface area contributed by atoms with Crippen LogP contribution in [-0.4, -0.2) is 7.11 Å². The summed E-state index contributed by atoms with van der Waals surface area (Å²) in [5.74, 6) is 0.664. The van der Waals surface area contributed by atoms with Crippen LogP contribution in [0.15, 0.2) is 48.5 Å². The van der Waals surface area contributed by atoms with E-state index in [0.29, 0.717) is 33.7 Å². The van der Waals surface area contributed by atoms with E-state index < -0.39 is 0 Å². The van der Waals surface area contributed by atoms with Gasteiger partial charge >= 0.3 is 0 Å². The van der Waals surface area contributed by atoms with E-state index in [1.165, 1.54) is 23.3 Å². The Hall–Kier alpha value is -2.43. The smallest absolute Gasteiger partial charge is 0.163 e. The lowest BCUT2D eigenvalue weighted by atomic mass is 10.1. The lowest BCUT2D eigenvalue weighted by molar-refractivity contribution is 0.284. The summed E-state index contributed by atoms with van der Waals surface area (Å²) in [6.07, 6.45) is 0. The van der Waals surface area contributed by atoms with Crippen LogP contribution < -0.4 is 14.8 Å². The zero-order valence-corrected chi connectivity index (χ0v) is 18.0. The average molecular weight is 434 g/mol. The van der Waals surface area contributed by atoms with Crippen molar-refractivity contribution in [1.82, 2.24) is 0 Å². The van der Waals surface area contributed by atoms with Gasteiger partial charge in [-0.15, -0.1) is 0 Å². The molecule has 0 unspecified atom stereocenters. The predicted octanol–water partition coefficient (Wildman–Crippen LogP) is 6.95. The molecule has 0 spiro atoms. The lowest BCUT2D eigenvalue weighted by Crippen LogP contribution is -2.03. The molecule has 0 saturated heterocycles. The van der Waals surface area contributed by atoms with Crippen molar-refractivity contribution in [3.63, 3.8) is 0 Å². The standard InChI is InChI=1S/C23H22Cl2FNO2/c1-14-4-7-19(8-15(14)2)27-12-17-9-22(28-3)23(11-21(17)25)29-13-16-5-6-18(26)10-20(16)24/h4-11,27H,12-13H2,1-3H3. The van der Waals surface area contributed by atoms with Crippen LogP contribution in [0.3, 0.4) is 0 Å². The number of ether oxygens (including phenoxy) is 2. The van der Waals surface area contributed by atoms with Crippen molar-refractivity contribution < 1.29 is 13.9 Å². The van der Waals surface area contributed by atoms with Gasteiger partial charge in [0.05, 0.1) is 12.1 Å². The summed E-state index contributed by atoms with van der Waals surface area (Å²) >= 11 is 12.5. The van der Waals surface area contributed by atoms with Crippen molar-refractivity contribution in [2.45, 2.75) is 27.0 Å². The Morgan fingerprint density at radius 1 is 0.862 bits per heavy atom. The fraction of sp³-hybridized carbons (Fsp3) is 0.217. The minimum atomic E-state index is -0.389. The van der Waals surface area contributed by atoms with Gasteiger partial charge in [0.25, 0.3) is 0 Å². The number of anilines is 1. The molecule has 29 heavy (non-hydrogen) atoms. The maximum Gasteiger partial charge on any atom is 0.163 e. The normalized spacial score (nSPS) is 10.7. The minimum absolute atomic E-state index is 0.173. The summed E-state index contributed by atoms with van der Waals surface area (Å²) in [5, 5.41) is 4.24. The van der Waals surface area contributed by atoms with E-state index in [2.05, 4.69) is 31.3 Å². The molecule has 1 N–H and O–H groups in total. The third-order valence-electron chi connectivity index (χ3n) is 4.72. The van der Waals surface area contributed by atoms with E-state index in [1.54, 1.807) is 19.2 Å². The molecule has 0 aliphatic heterocycles. The first kappa shape index (κ1) is 21.3. The van der Waals surface area contributed by atoms with Gasteiger partial charge in [-0.2, -0.15) is 0 Å². The van der Waals surface area contributed by atoms with E-state index in [-0.39, 0.29) is 12.4 Å². The second-order valence-corrected chi connectivity index (χ2v) is 7.59. The van der Waals surface area contributed by atoms with Crippen LogP contribution in [0, 0.1) is 19.7 Å². The highest BCUT2D eigenvalue weighted by Crippen LogP contribution is 2.35. The summed E-state index contributed by atoms with van der Waals surface area (Å²) in [6, 6.07) is 14.0. The molecule has 6 heteroatoms. The van der Waals surface area contributed by atoms with E-state index in [9.17, 15) is 4.39 Å². The lowest BCUT2D eigenvalue weighted by Gasteiger charge is -2.15. The molecule has 3 aromatic rings. The van der Waals surface area contributed by atoms with Gasteiger partial charge in [0.1, 0.15) is 12.4 Å². The first-order chi connectivity index (χ1) is 13.9. The molecule has 0 amide bonds. The zero-order valence-electron chi connectivity index (χ0n) is 16.5. The van der Waals surface area contributed by atoms with Crippen LogP contribution in [0.25, 0.3) is 0 Å². The van der Waals surface area contributed by atoms with Gasteiger partial charge in [-0.05, 0) is 60.9 Å². The van der Waals surface area contributed by atoms with Gasteiger partial charge in [0, 0.05) is 28.9 Å². The highest BCUT2D eigenvalue weighted by Gasteiger charge is 2.12. The summed E-state index contributed by atoms with van der Waals surface area (Å²) in [5.41, 5.74) is 5.05. The Morgan fingerprint density at radius 2 is 1.62 bits per heavy atom. The highest BCUT2D eigenvalue weighted by atomic mass is 35.5. The first-order valence-electron chi connectivity index (χ1n) is 9.11. The zero-order chi connectivity index (χ0) is 21.0. The fourth-order valence-electron chi connectivity index (χ4n) is 2.83. The Morgan fingerprint density at radius 3 is 2.31 bits per heavy atom. The molecule has 0 aromatic heterocycles. The monoisotopic (exact) mass is 433 g/mol. The van der Waals surface area contributed by atoms with Gasteiger partial charge in [-0.3, -0.25) is 0 Å². The number of halogens is 3. The van der Waals surface area contributed by atoms with Crippen molar-refractivity contribution in [1.29, 1.82) is 0 Å². The molecule has 0 saturated carbocycles. The number of rotatable bonds is 7. The first-order valence-corrected chi connectivity index (χ1v) is 9.87. The molecular weight excluding hydrogens is 412 g/mol. The van der Waals surface area contributed by atoms with Gasteiger partial charge in [-0.25, -0.2) is 4.39 Å². The maximum atomic E-state index is 13.2. The van der Waals surface area contributed by atoms with Gasteiger partial charge in [0.2, 0.25) is 0 Å². The molecule has 0 aliphatic carbocycles. The van der Waals surface area contributed by atoms with Crippen molar-refractivity contribution in [3.8, 4) is 11.5 Å². The molecule has 0 fully saturated rings. The highest BCUT2D eigenvalue weighted by molar-refractivity contribution is 6.31.